The average molecular weight is 320 g/mol. The Balaban J connectivity index is 2.16. The van der Waals surface area contributed by atoms with Crippen LogP contribution in [0, 0.1) is 11.6 Å². The maximum atomic E-state index is 13.3. The number of benzene rings is 2. The lowest BCUT2D eigenvalue weighted by atomic mass is 9.92. The molecule has 0 heterocycles. The van der Waals surface area contributed by atoms with Crippen molar-refractivity contribution in [3.63, 3.8) is 0 Å². The molecule has 1 amide bonds. The van der Waals surface area contributed by atoms with Gasteiger partial charge in [-0.1, -0.05) is 12.1 Å². The number of primary amides is 1. The second kappa shape index (κ2) is 7.69. The minimum Gasteiger partial charge on any atom is -0.484 e. The van der Waals surface area contributed by atoms with Crippen molar-refractivity contribution >= 4 is 5.91 Å². The summed E-state index contributed by atoms with van der Waals surface area (Å²) in [5.74, 6) is -1.44. The fourth-order valence-corrected chi connectivity index (χ4v) is 2.36. The van der Waals surface area contributed by atoms with Crippen LogP contribution < -0.4 is 16.2 Å². The van der Waals surface area contributed by atoms with E-state index in [4.69, 9.17) is 16.2 Å². The number of hydrogen-bond donors (Lipinski definition) is 2. The molecule has 6 heteroatoms. The number of carbonyl (C=O) groups is 1. The maximum Gasteiger partial charge on any atom is 0.255 e. The Kier molecular flexibility index (Phi) is 5.65. The van der Waals surface area contributed by atoms with E-state index in [2.05, 4.69) is 0 Å². The predicted octanol–water partition coefficient (Wildman–Crippen LogP) is 2.11. The van der Waals surface area contributed by atoms with Crippen molar-refractivity contribution in [1.82, 2.24) is 0 Å². The molecule has 2 aromatic rings. The summed E-state index contributed by atoms with van der Waals surface area (Å²) >= 11 is 0. The third-order valence-electron chi connectivity index (χ3n) is 3.40. The Labute approximate surface area is 133 Å². The summed E-state index contributed by atoms with van der Waals surface area (Å²) in [6.07, 6.45) is 0.393. The van der Waals surface area contributed by atoms with Gasteiger partial charge in [-0.2, -0.15) is 0 Å². The number of nitrogens with two attached hydrogens (primary N) is 2. The van der Waals surface area contributed by atoms with Crippen LogP contribution in [0.1, 0.15) is 17.0 Å². The molecule has 0 radical (unpaired) electrons. The van der Waals surface area contributed by atoms with Gasteiger partial charge < -0.3 is 16.2 Å². The SMILES string of the molecule is NCC(Cc1cc(F)cc(F)c1)c1cccc(OCC(N)=O)c1. The van der Waals surface area contributed by atoms with Crippen molar-refractivity contribution in [2.45, 2.75) is 12.3 Å². The monoisotopic (exact) mass is 320 g/mol. The van der Waals surface area contributed by atoms with Crippen LogP contribution in [0.2, 0.25) is 0 Å². The van der Waals surface area contributed by atoms with Gasteiger partial charge in [0.25, 0.3) is 5.91 Å². The van der Waals surface area contributed by atoms with E-state index in [1.54, 1.807) is 18.2 Å². The summed E-state index contributed by atoms with van der Waals surface area (Å²) in [4.78, 5) is 10.8. The quantitative estimate of drug-likeness (QED) is 0.820. The van der Waals surface area contributed by atoms with Gasteiger partial charge in [0.15, 0.2) is 6.61 Å². The first kappa shape index (κ1) is 16.9. The van der Waals surface area contributed by atoms with Crippen molar-refractivity contribution in [3.05, 3.63) is 65.2 Å². The summed E-state index contributed by atoms with van der Waals surface area (Å²) in [5, 5.41) is 0. The molecule has 2 aromatic carbocycles. The van der Waals surface area contributed by atoms with Crippen molar-refractivity contribution in [3.8, 4) is 5.75 Å². The van der Waals surface area contributed by atoms with Gasteiger partial charge in [-0.3, -0.25) is 4.79 Å². The Morgan fingerprint density at radius 2 is 1.83 bits per heavy atom. The lowest BCUT2D eigenvalue weighted by molar-refractivity contribution is -0.119. The van der Waals surface area contributed by atoms with Crippen LogP contribution in [0.15, 0.2) is 42.5 Å². The molecule has 23 heavy (non-hydrogen) atoms. The molecule has 122 valence electrons. The molecule has 0 aliphatic rings. The van der Waals surface area contributed by atoms with E-state index in [0.29, 0.717) is 24.3 Å². The molecular weight excluding hydrogens is 302 g/mol. The van der Waals surface area contributed by atoms with Crippen molar-refractivity contribution in [2.75, 3.05) is 13.2 Å². The number of carbonyl (C=O) groups excluding carboxylic acids is 1. The van der Waals surface area contributed by atoms with E-state index in [9.17, 15) is 13.6 Å². The number of ether oxygens (including phenoxy) is 1. The topological polar surface area (TPSA) is 78.3 Å². The minimum absolute atomic E-state index is 0.131. The number of amides is 1. The van der Waals surface area contributed by atoms with Gasteiger partial charge in [-0.05, 0) is 48.4 Å². The summed E-state index contributed by atoms with van der Waals surface area (Å²) < 4.78 is 31.8. The van der Waals surface area contributed by atoms with Gasteiger partial charge in [0, 0.05) is 12.0 Å². The van der Waals surface area contributed by atoms with Gasteiger partial charge in [-0.15, -0.1) is 0 Å². The standard InChI is InChI=1S/C17H18F2N2O2/c18-14-5-11(6-15(19)8-14)4-13(9-20)12-2-1-3-16(7-12)23-10-17(21)22/h1-3,5-8,13H,4,9-10,20H2,(H2,21,22). The van der Waals surface area contributed by atoms with Gasteiger partial charge >= 0.3 is 0 Å². The maximum absolute atomic E-state index is 13.3. The highest BCUT2D eigenvalue weighted by molar-refractivity contribution is 5.75. The van der Waals surface area contributed by atoms with Crippen molar-refractivity contribution in [2.24, 2.45) is 11.5 Å². The average Bonchev–Trinajstić information content (AvgIpc) is 2.50. The summed E-state index contributed by atoms with van der Waals surface area (Å²) in [7, 11) is 0. The Morgan fingerprint density at radius 3 is 2.43 bits per heavy atom. The fraction of sp³-hybridized carbons (Fsp3) is 0.235. The Bertz CT molecular complexity index is 672. The molecule has 0 aliphatic heterocycles. The zero-order valence-corrected chi connectivity index (χ0v) is 12.5. The van der Waals surface area contributed by atoms with E-state index >= 15 is 0 Å². The first-order valence-electron chi connectivity index (χ1n) is 7.14. The summed E-state index contributed by atoms with van der Waals surface area (Å²) in [6, 6.07) is 10.5. The molecule has 4 N–H and O–H groups in total. The molecule has 1 atom stereocenters. The lowest BCUT2D eigenvalue weighted by Gasteiger charge is -2.16. The normalized spacial score (nSPS) is 12.0. The zero-order valence-electron chi connectivity index (χ0n) is 12.5. The molecule has 1 unspecified atom stereocenters. The molecule has 4 nitrogen and oxygen atoms in total. The largest absolute Gasteiger partial charge is 0.484 e. The molecule has 2 rings (SSSR count). The smallest absolute Gasteiger partial charge is 0.255 e. The van der Waals surface area contributed by atoms with Crippen LogP contribution in [0.4, 0.5) is 8.78 Å². The van der Waals surface area contributed by atoms with Crippen LogP contribution in [0.25, 0.3) is 0 Å². The van der Waals surface area contributed by atoms with Crippen molar-refractivity contribution < 1.29 is 18.3 Å². The van der Waals surface area contributed by atoms with Crippen molar-refractivity contribution in [1.29, 1.82) is 0 Å². The number of hydrogen-bond acceptors (Lipinski definition) is 3. The molecule has 0 saturated carbocycles. The summed E-state index contributed by atoms with van der Waals surface area (Å²) in [6.45, 7) is 0.0866. The highest BCUT2D eigenvalue weighted by Crippen LogP contribution is 2.24. The highest BCUT2D eigenvalue weighted by Gasteiger charge is 2.13. The van der Waals surface area contributed by atoms with Crippen LogP contribution in [-0.2, 0) is 11.2 Å². The second-order valence-corrected chi connectivity index (χ2v) is 5.24. The van der Waals surface area contributed by atoms with Crippen LogP contribution in [0.3, 0.4) is 0 Å². The molecule has 0 fully saturated rings. The van der Waals surface area contributed by atoms with Gasteiger partial charge in [-0.25, -0.2) is 8.78 Å². The minimum atomic E-state index is -0.616. The Morgan fingerprint density at radius 1 is 1.13 bits per heavy atom. The number of halogens is 2. The third-order valence-corrected chi connectivity index (χ3v) is 3.40. The Hall–Kier alpha value is -2.47. The fourth-order valence-electron chi connectivity index (χ4n) is 2.36. The van der Waals surface area contributed by atoms with E-state index in [1.807, 2.05) is 6.07 Å². The molecule has 0 aromatic heterocycles. The highest BCUT2D eigenvalue weighted by atomic mass is 19.1. The first-order valence-corrected chi connectivity index (χ1v) is 7.14. The van der Waals surface area contributed by atoms with E-state index < -0.39 is 17.5 Å². The predicted molar refractivity (Wildman–Crippen MR) is 83.0 cm³/mol. The molecule has 0 spiro atoms. The van der Waals surface area contributed by atoms with E-state index in [0.717, 1.165) is 11.6 Å². The molecule has 0 saturated heterocycles. The van der Waals surface area contributed by atoms with Crippen LogP contribution >= 0.6 is 0 Å². The van der Waals surface area contributed by atoms with E-state index in [1.165, 1.54) is 12.1 Å². The first-order chi connectivity index (χ1) is 11.0. The molecule has 0 aliphatic carbocycles. The van der Waals surface area contributed by atoms with Crippen LogP contribution in [0.5, 0.6) is 5.75 Å². The third kappa shape index (κ3) is 5.03. The molecular formula is C17H18F2N2O2. The lowest BCUT2D eigenvalue weighted by Crippen LogP contribution is -2.20. The second-order valence-electron chi connectivity index (χ2n) is 5.24. The van der Waals surface area contributed by atoms with Gasteiger partial charge in [0.1, 0.15) is 17.4 Å². The zero-order chi connectivity index (χ0) is 16.8. The summed E-state index contributed by atoms with van der Waals surface area (Å²) in [5.41, 5.74) is 12.2. The van der Waals surface area contributed by atoms with E-state index in [-0.39, 0.29) is 12.5 Å². The molecule has 0 bridgehead atoms. The van der Waals surface area contributed by atoms with Gasteiger partial charge in [0.05, 0.1) is 0 Å². The number of rotatable bonds is 7. The van der Waals surface area contributed by atoms with Gasteiger partial charge in [0.2, 0.25) is 0 Å². The van der Waals surface area contributed by atoms with Crippen LogP contribution in [-0.4, -0.2) is 19.1 Å².